The van der Waals surface area contributed by atoms with E-state index in [0.29, 0.717) is 27.9 Å². The molecule has 0 fully saturated rings. The lowest BCUT2D eigenvalue weighted by Gasteiger charge is -2.08. The number of benzene rings is 2. The monoisotopic (exact) mass is 439 g/mol. The Morgan fingerprint density at radius 1 is 0.968 bits per heavy atom. The summed E-state index contributed by atoms with van der Waals surface area (Å²) in [7, 11) is 3.03. The van der Waals surface area contributed by atoms with Gasteiger partial charge in [0.1, 0.15) is 17.2 Å². The molecule has 2 aromatic carbocycles. The van der Waals surface area contributed by atoms with Gasteiger partial charge < -0.3 is 14.8 Å². The molecule has 0 aliphatic carbocycles. The van der Waals surface area contributed by atoms with Crippen LogP contribution >= 0.6 is 11.3 Å². The summed E-state index contributed by atoms with van der Waals surface area (Å²) in [5.41, 5.74) is 2.54. The summed E-state index contributed by atoms with van der Waals surface area (Å²) in [6.07, 6.45) is 3.31. The summed E-state index contributed by atoms with van der Waals surface area (Å²) >= 11 is 1.18. The molecule has 1 heterocycles. The van der Waals surface area contributed by atoms with Crippen molar-refractivity contribution in [2.24, 2.45) is 0 Å². The van der Waals surface area contributed by atoms with Gasteiger partial charge in [-0.05, 0) is 42.7 Å². The van der Waals surface area contributed by atoms with Crippen molar-refractivity contribution in [2.45, 2.75) is 26.2 Å². The zero-order chi connectivity index (χ0) is 22.2. The fraction of sp³-hybridized carbons (Fsp3) is 0.261. The molecule has 1 aromatic heterocycles. The fourth-order valence-electron chi connectivity index (χ4n) is 2.87. The van der Waals surface area contributed by atoms with Crippen LogP contribution in [0.1, 0.15) is 46.2 Å². The Hall–Kier alpha value is -3.39. The van der Waals surface area contributed by atoms with Gasteiger partial charge >= 0.3 is 0 Å². The number of hydrogen-bond donors (Lipinski definition) is 2. The number of rotatable bonds is 9. The summed E-state index contributed by atoms with van der Waals surface area (Å²) < 4.78 is 10.4. The number of aryl methyl sites for hydroxylation is 1. The van der Waals surface area contributed by atoms with Crippen molar-refractivity contribution in [3.63, 3.8) is 0 Å². The van der Waals surface area contributed by atoms with Gasteiger partial charge in [-0.1, -0.05) is 25.5 Å². The molecule has 0 saturated carbocycles. The molecule has 2 amide bonds. The maximum atomic E-state index is 12.6. The Bertz CT molecular complexity index is 1020. The van der Waals surface area contributed by atoms with Crippen LogP contribution in [0.3, 0.4) is 0 Å². The van der Waals surface area contributed by atoms with Crippen molar-refractivity contribution in [1.82, 2.24) is 4.98 Å². The first-order valence-corrected chi connectivity index (χ1v) is 10.8. The summed E-state index contributed by atoms with van der Waals surface area (Å²) in [6, 6.07) is 12.7. The van der Waals surface area contributed by atoms with Crippen LogP contribution in [0, 0.1) is 0 Å². The molecule has 0 radical (unpaired) electrons. The quantitative estimate of drug-likeness (QED) is 0.489. The highest BCUT2D eigenvalue weighted by Gasteiger charge is 2.15. The number of nitrogens with one attached hydrogen (secondary N) is 2. The summed E-state index contributed by atoms with van der Waals surface area (Å²) in [6.45, 7) is 2.16. The maximum Gasteiger partial charge on any atom is 0.275 e. The van der Waals surface area contributed by atoms with Gasteiger partial charge in [0, 0.05) is 22.7 Å². The van der Waals surface area contributed by atoms with Crippen LogP contribution < -0.4 is 20.1 Å². The Kier molecular flexibility index (Phi) is 7.61. The van der Waals surface area contributed by atoms with E-state index in [1.807, 2.05) is 24.3 Å². The largest absolute Gasteiger partial charge is 0.497 e. The molecule has 0 aliphatic heterocycles. The molecule has 31 heavy (non-hydrogen) atoms. The standard InChI is InChI=1S/C23H25N3O4S/c1-4-5-6-15-7-9-17(10-8-15)24-22(28)20-14-31-23(25-20)26-21(27)16-11-18(29-2)13-19(12-16)30-3/h7-14H,4-6H2,1-3H3,(H,24,28)(H,25,26,27). The average Bonchev–Trinajstić information content (AvgIpc) is 3.26. The van der Waals surface area contributed by atoms with Gasteiger partial charge in [-0.25, -0.2) is 4.98 Å². The molecule has 3 rings (SSSR count). The Morgan fingerprint density at radius 2 is 1.65 bits per heavy atom. The van der Waals surface area contributed by atoms with E-state index in [4.69, 9.17) is 9.47 Å². The first kappa shape index (κ1) is 22.3. The van der Waals surface area contributed by atoms with E-state index >= 15 is 0 Å². The molecule has 0 atom stereocenters. The van der Waals surface area contributed by atoms with E-state index in [2.05, 4.69) is 22.5 Å². The van der Waals surface area contributed by atoms with Crippen LogP contribution in [-0.2, 0) is 6.42 Å². The Labute approximate surface area is 185 Å². The van der Waals surface area contributed by atoms with Gasteiger partial charge in [-0.15, -0.1) is 11.3 Å². The highest BCUT2D eigenvalue weighted by atomic mass is 32.1. The van der Waals surface area contributed by atoms with Gasteiger partial charge in [0.05, 0.1) is 14.2 Å². The van der Waals surface area contributed by atoms with E-state index in [9.17, 15) is 9.59 Å². The third-order valence-corrected chi connectivity index (χ3v) is 5.36. The molecule has 7 nitrogen and oxygen atoms in total. The molecule has 0 unspecified atom stereocenters. The van der Waals surface area contributed by atoms with E-state index in [0.717, 1.165) is 19.3 Å². The van der Waals surface area contributed by atoms with Gasteiger partial charge in [-0.3, -0.25) is 14.9 Å². The topological polar surface area (TPSA) is 89.6 Å². The van der Waals surface area contributed by atoms with Crippen LogP contribution in [0.2, 0.25) is 0 Å². The van der Waals surface area contributed by atoms with Crippen molar-refractivity contribution in [2.75, 3.05) is 24.9 Å². The second-order valence-corrected chi connectivity index (χ2v) is 7.71. The molecule has 3 aromatic rings. The number of aromatic nitrogens is 1. The third-order valence-electron chi connectivity index (χ3n) is 4.60. The zero-order valence-corrected chi connectivity index (χ0v) is 18.5. The zero-order valence-electron chi connectivity index (χ0n) is 17.7. The van der Waals surface area contributed by atoms with Crippen molar-refractivity contribution in [3.8, 4) is 11.5 Å². The summed E-state index contributed by atoms with van der Waals surface area (Å²) in [4.78, 5) is 29.3. The lowest BCUT2D eigenvalue weighted by molar-refractivity contribution is 0.101. The summed E-state index contributed by atoms with van der Waals surface area (Å²) in [5, 5.41) is 7.46. The number of methoxy groups -OCH3 is 2. The van der Waals surface area contributed by atoms with Crippen LogP contribution in [-0.4, -0.2) is 31.0 Å². The van der Waals surface area contributed by atoms with Crippen molar-refractivity contribution >= 4 is 34.0 Å². The van der Waals surface area contributed by atoms with Crippen molar-refractivity contribution in [1.29, 1.82) is 0 Å². The van der Waals surface area contributed by atoms with Gasteiger partial charge in [0.2, 0.25) is 0 Å². The van der Waals surface area contributed by atoms with Crippen LogP contribution in [0.25, 0.3) is 0 Å². The van der Waals surface area contributed by atoms with Crippen molar-refractivity contribution in [3.05, 3.63) is 64.7 Å². The molecule has 0 saturated heterocycles. The first-order chi connectivity index (χ1) is 15.0. The minimum absolute atomic E-state index is 0.235. The number of nitrogens with zero attached hydrogens (tertiary/aromatic N) is 1. The predicted octanol–water partition coefficient (Wildman–Crippen LogP) is 5.01. The number of anilines is 2. The number of thiazole rings is 1. The maximum absolute atomic E-state index is 12.6. The molecule has 8 heteroatoms. The molecule has 162 valence electrons. The number of unbranched alkanes of at least 4 members (excludes halogenated alkanes) is 1. The van der Waals surface area contributed by atoms with Gasteiger partial charge in [0.15, 0.2) is 5.13 Å². The SMILES string of the molecule is CCCCc1ccc(NC(=O)c2csc(NC(=O)c3cc(OC)cc(OC)c3)n2)cc1. The van der Waals surface area contributed by atoms with Crippen LogP contribution in [0.15, 0.2) is 47.8 Å². The lowest BCUT2D eigenvalue weighted by atomic mass is 10.1. The van der Waals surface area contributed by atoms with Crippen LogP contribution in [0.4, 0.5) is 10.8 Å². The molecule has 2 N–H and O–H groups in total. The highest BCUT2D eigenvalue weighted by molar-refractivity contribution is 7.14. The number of ether oxygens (including phenoxy) is 2. The number of carbonyl (C=O) groups excluding carboxylic acids is 2. The van der Waals surface area contributed by atoms with E-state index < -0.39 is 0 Å². The molecule has 0 aliphatic rings. The Balaban J connectivity index is 1.63. The molecule has 0 spiro atoms. The second-order valence-electron chi connectivity index (χ2n) is 6.85. The summed E-state index contributed by atoms with van der Waals surface area (Å²) in [5.74, 6) is 0.302. The third kappa shape index (κ3) is 6.05. The Morgan fingerprint density at radius 3 is 2.26 bits per heavy atom. The number of hydrogen-bond acceptors (Lipinski definition) is 6. The first-order valence-electron chi connectivity index (χ1n) is 9.92. The molecular weight excluding hydrogens is 414 g/mol. The van der Waals surface area contributed by atoms with Gasteiger partial charge in [0.25, 0.3) is 11.8 Å². The smallest absolute Gasteiger partial charge is 0.275 e. The van der Waals surface area contributed by atoms with E-state index in [1.165, 1.54) is 31.1 Å². The van der Waals surface area contributed by atoms with Crippen molar-refractivity contribution < 1.29 is 19.1 Å². The minimum atomic E-state index is -0.374. The predicted molar refractivity (Wildman–Crippen MR) is 123 cm³/mol. The average molecular weight is 440 g/mol. The highest BCUT2D eigenvalue weighted by Crippen LogP contribution is 2.24. The number of amides is 2. The number of carbonyl (C=O) groups is 2. The minimum Gasteiger partial charge on any atom is -0.497 e. The van der Waals surface area contributed by atoms with E-state index in [1.54, 1.807) is 23.6 Å². The fourth-order valence-corrected chi connectivity index (χ4v) is 3.56. The lowest BCUT2D eigenvalue weighted by Crippen LogP contribution is -2.14. The van der Waals surface area contributed by atoms with Gasteiger partial charge in [-0.2, -0.15) is 0 Å². The molecule has 0 bridgehead atoms. The normalized spacial score (nSPS) is 10.4. The second kappa shape index (κ2) is 10.6. The molecular formula is C23H25N3O4S. The van der Waals surface area contributed by atoms with E-state index in [-0.39, 0.29) is 17.5 Å². The van der Waals surface area contributed by atoms with Crippen LogP contribution in [0.5, 0.6) is 11.5 Å².